The molecule has 1 saturated carbocycles. The van der Waals surface area contributed by atoms with Crippen LogP contribution in [0.4, 0.5) is 5.69 Å². The molecule has 124 valence electrons. The van der Waals surface area contributed by atoms with Crippen molar-refractivity contribution in [3.05, 3.63) is 29.8 Å². The molecular weight excluding hydrogens is 300 g/mol. The summed E-state index contributed by atoms with van der Waals surface area (Å²) in [5.41, 5.74) is 7.70. The maximum Gasteiger partial charge on any atom is 0.227 e. The molecule has 0 unspecified atom stereocenters. The van der Waals surface area contributed by atoms with Gasteiger partial charge in [-0.1, -0.05) is 18.6 Å². The minimum absolute atomic E-state index is 0. The summed E-state index contributed by atoms with van der Waals surface area (Å²) < 4.78 is 5.56. The predicted molar refractivity (Wildman–Crippen MR) is 92.1 cm³/mol. The number of nitrogens with two attached hydrogens (primary N) is 1. The minimum atomic E-state index is 0. The minimum Gasteiger partial charge on any atom is -0.374 e. The molecule has 1 aromatic rings. The number of carbonyl (C=O) groups excluding carboxylic acids is 1. The summed E-state index contributed by atoms with van der Waals surface area (Å²) in [4.78, 5) is 12.3. The number of nitrogens with one attached hydrogen (secondary N) is 1. The van der Waals surface area contributed by atoms with Crippen LogP contribution in [-0.4, -0.2) is 18.6 Å². The van der Waals surface area contributed by atoms with Crippen molar-refractivity contribution in [1.29, 1.82) is 0 Å². The van der Waals surface area contributed by atoms with Gasteiger partial charge < -0.3 is 15.8 Å². The van der Waals surface area contributed by atoms with Gasteiger partial charge in [0.1, 0.15) is 0 Å². The SMILES string of the molecule is CC(C)OCc1ccc(NC(=O)[C@@H]2CCC[C@@H]2CN)cc1.Cl. The normalized spacial score (nSPS) is 20.7. The largest absolute Gasteiger partial charge is 0.374 e. The van der Waals surface area contributed by atoms with Crippen LogP contribution in [0.3, 0.4) is 0 Å². The van der Waals surface area contributed by atoms with Crippen molar-refractivity contribution in [1.82, 2.24) is 0 Å². The van der Waals surface area contributed by atoms with Crippen LogP contribution in [0, 0.1) is 11.8 Å². The summed E-state index contributed by atoms with van der Waals surface area (Å²) in [6, 6.07) is 7.85. The number of benzene rings is 1. The number of rotatable bonds is 6. The van der Waals surface area contributed by atoms with E-state index in [0.717, 1.165) is 30.5 Å². The van der Waals surface area contributed by atoms with Crippen LogP contribution in [0.15, 0.2) is 24.3 Å². The third-order valence-electron chi connectivity index (χ3n) is 4.10. The predicted octanol–water partition coefficient (Wildman–Crippen LogP) is 3.35. The van der Waals surface area contributed by atoms with Gasteiger partial charge in [0.2, 0.25) is 5.91 Å². The van der Waals surface area contributed by atoms with Gasteiger partial charge in [-0.25, -0.2) is 0 Å². The molecule has 1 aromatic carbocycles. The van der Waals surface area contributed by atoms with E-state index in [-0.39, 0.29) is 30.3 Å². The van der Waals surface area contributed by atoms with Gasteiger partial charge in [-0.15, -0.1) is 12.4 Å². The second-order valence-electron chi connectivity index (χ2n) is 6.08. The topological polar surface area (TPSA) is 64.3 Å². The van der Waals surface area contributed by atoms with Crippen molar-refractivity contribution in [3.63, 3.8) is 0 Å². The number of hydrogen-bond donors (Lipinski definition) is 2. The van der Waals surface area contributed by atoms with E-state index in [1.165, 1.54) is 0 Å². The number of carbonyl (C=O) groups is 1. The fourth-order valence-electron chi connectivity index (χ4n) is 2.85. The number of anilines is 1. The first-order valence-electron chi connectivity index (χ1n) is 7.81. The summed E-state index contributed by atoms with van der Waals surface area (Å²) >= 11 is 0. The lowest BCUT2D eigenvalue weighted by Crippen LogP contribution is -2.29. The van der Waals surface area contributed by atoms with Gasteiger partial charge in [-0.3, -0.25) is 4.79 Å². The number of hydrogen-bond acceptors (Lipinski definition) is 3. The zero-order valence-electron chi connectivity index (χ0n) is 13.4. The molecule has 0 saturated heterocycles. The van der Waals surface area contributed by atoms with Crippen LogP contribution in [0.5, 0.6) is 0 Å². The molecule has 4 nitrogen and oxygen atoms in total. The van der Waals surface area contributed by atoms with Crippen molar-refractivity contribution in [2.45, 2.75) is 45.8 Å². The molecule has 5 heteroatoms. The second-order valence-corrected chi connectivity index (χ2v) is 6.08. The van der Waals surface area contributed by atoms with Crippen LogP contribution in [0.2, 0.25) is 0 Å². The Hall–Kier alpha value is -1.10. The van der Waals surface area contributed by atoms with Crippen LogP contribution in [0.25, 0.3) is 0 Å². The maximum atomic E-state index is 12.3. The van der Waals surface area contributed by atoms with Crippen molar-refractivity contribution in [2.75, 3.05) is 11.9 Å². The molecule has 0 radical (unpaired) electrons. The van der Waals surface area contributed by atoms with E-state index in [0.29, 0.717) is 19.1 Å². The third-order valence-corrected chi connectivity index (χ3v) is 4.10. The molecule has 3 N–H and O–H groups in total. The van der Waals surface area contributed by atoms with Crippen LogP contribution in [0.1, 0.15) is 38.7 Å². The molecule has 0 aromatic heterocycles. The first kappa shape index (κ1) is 18.9. The second kappa shape index (κ2) is 9.13. The third kappa shape index (κ3) is 5.27. The van der Waals surface area contributed by atoms with Gasteiger partial charge in [0, 0.05) is 11.6 Å². The zero-order chi connectivity index (χ0) is 15.2. The smallest absolute Gasteiger partial charge is 0.227 e. The van der Waals surface area contributed by atoms with E-state index < -0.39 is 0 Å². The fourth-order valence-corrected chi connectivity index (χ4v) is 2.85. The fraction of sp³-hybridized carbons (Fsp3) is 0.588. The molecule has 0 bridgehead atoms. The van der Waals surface area contributed by atoms with Crippen molar-refractivity contribution >= 4 is 24.0 Å². The molecule has 0 heterocycles. The molecule has 1 aliphatic carbocycles. The van der Waals surface area contributed by atoms with Crippen molar-refractivity contribution in [2.24, 2.45) is 17.6 Å². The Labute approximate surface area is 139 Å². The average Bonchev–Trinajstić information content (AvgIpc) is 2.95. The van der Waals surface area contributed by atoms with Gasteiger partial charge in [0.05, 0.1) is 12.7 Å². The van der Waals surface area contributed by atoms with Crippen LogP contribution >= 0.6 is 12.4 Å². The van der Waals surface area contributed by atoms with E-state index in [1.54, 1.807) is 0 Å². The van der Waals surface area contributed by atoms with E-state index in [9.17, 15) is 4.79 Å². The molecule has 2 rings (SSSR count). The molecule has 1 fully saturated rings. The van der Waals surface area contributed by atoms with E-state index in [2.05, 4.69) is 5.32 Å². The highest BCUT2D eigenvalue weighted by molar-refractivity contribution is 5.92. The number of halogens is 1. The summed E-state index contributed by atoms with van der Waals surface area (Å²) in [6.45, 7) is 5.24. The lowest BCUT2D eigenvalue weighted by molar-refractivity contribution is -0.120. The summed E-state index contributed by atoms with van der Waals surface area (Å²) in [7, 11) is 0. The number of ether oxygens (including phenoxy) is 1. The molecule has 0 aliphatic heterocycles. The Morgan fingerprint density at radius 1 is 1.32 bits per heavy atom. The Kier molecular flexibility index (Phi) is 7.87. The van der Waals surface area contributed by atoms with Crippen molar-refractivity contribution in [3.8, 4) is 0 Å². The highest BCUT2D eigenvalue weighted by Crippen LogP contribution is 2.31. The summed E-state index contributed by atoms with van der Waals surface area (Å²) in [5, 5.41) is 3.00. The number of amides is 1. The van der Waals surface area contributed by atoms with Gasteiger partial charge in [-0.05, 0) is 56.8 Å². The van der Waals surface area contributed by atoms with Gasteiger partial charge in [-0.2, -0.15) is 0 Å². The van der Waals surface area contributed by atoms with E-state index >= 15 is 0 Å². The van der Waals surface area contributed by atoms with E-state index in [1.807, 2.05) is 38.1 Å². The monoisotopic (exact) mass is 326 g/mol. The first-order valence-corrected chi connectivity index (χ1v) is 7.81. The van der Waals surface area contributed by atoms with E-state index in [4.69, 9.17) is 10.5 Å². The first-order chi connectivity index (χ1) is 10.1. The molecule has 1 amide bonds. The summed E-state index contributed by atoms with van der Waals surface area (Å²) in [6.07, 6.45) is 3.35. The molecule has 2 atom stereocenters. The highest BCUT2D eigenvalue weighted by Gasteiger charge is 2.31. The summed E-state index contributed by atoms with van der Waals surface area (Å²) in [5.74, 6) is 0.511. The molecular formula is C17H27ClN2O2. The Balaban J connectivity index is 0.00000242. The molecule has 1 aliphatic rings. The van der Waals surface area contributed by atoms with Gasteiger partial charge in [0.25, 0.3) is 0 Å². The Bertz CT molecular complexity index is 462. The van der Waals surface area contributed by atoms with Gasteiger partial charge >= 0.3 is 0 Å². The molecule has 0 spiro atoms. The van der Waals surface area contributed by atoms with Gasteiger partial charge in [0.15, 0.2) is 0 Å². The van der Waals surface area contributed by atoms with Crippen LogP contribution in [-0.2, 0) is 16.1 Å². The molecule has 22 heavy (non-hydrogen) atoms. The standard InChI is InChI=1S/C17H26N2O2.ClH/c1-12(2)21-11-13-6-8-15(9-7-13)19-17(20)16-5-3-4-14(16)10-18;/h6-9,12,14,16H,3-5,10-11,18H2,1-2H3,(H,19,20);1H/t14-,16-;/m1./s1. The maximum absolute atomic E-state index is 12.3. The lowest BCUT2D eigenvalue weighted by Gasteiger charge is -2.17. The Morgan fingerprint density at radius 2 is 2.00 bits per heavy atom. The van der Waals surface area contributed by atoms with Crippen molar-refractivity contribution < 1.29 is 9.53 Å². The average molecular weight is 327 g/mol. The Morgan fingerprint density at radius 3 is 2.59 bits per heavy atom. The quantitative estimate of drug-likeness (QED) is 0.842. The highest BCUT2D eigenvalue weighted by atomic mass is 35.5. The lowest BCUT2D eigenvalue weighted by atomic mass is 9.95. The zero-order valence-corrected chi connectivity index (χ0v) is 14.2. The van der Waals surface area contributed by atoms with Crippen LogP contribution < -0.4 is 11.1 Å².